The quantitative estimate of drug-likeness (QED) is 0.885. The zero-order valence-electron chi connectivity index (χ0n) is 9.85. The molecule has 1 heterocycles. The highest BCUT2D eigenvalue weighted by molar-refractivity contribution is 7.15. The van der Waals surface area contributed by atoms with Crippen molar-refractivity contribution < 1.29 is 4.74 Å². The summed E-state index contributed by atoms with van der Waals surface area (Å²) in [6.07, 6.45) is 3.98. The highest BCUT2D eigenvalue weighted by Crippen LogP contribution is 2.27. The molecule has 4 heteroatoms. The van der Waals surface area contributed by atoms with E-state index >= 15 is 0 Å². The first-order valence-corrected chi connectivity index (χ1v) is 6.44. The highest BCUT2D eigenvalue weighted by Gasteiger charge is 2.04. The molecule has 0 unspecified atom stereocenters. The summed E-state index contributed by atoms with van der Waals surface area (Å²) in [5.41, 5.74) is 6.63. The number of ether oxygens (including phenoxy) is 1. The summed E-state index contributed by atoms with van der Waals surface area (Å²) in [6, 6.07) is 7.97. The minimum absolute atomic E-state index is 0.732. The molecule has 90 valence electrons. The zero-order chi connectivity index (χ0) is 12.1. The average molecular weight is 248 g/mol. The van der Waals surface area contributed by atoms with Crippen molar-refractivity contribution >= 4 is 11.3 Å². The molecule has 0 aliphatic heterocycles. The van der Waals surface area contributed by atoms with Crippen molar-refractivity contribution in [1.82, 2.24) is 4.98 Å². The fourth-order valence-electron chi connectivity index (χ4n) is 1.57. The van der Waals surface area contributed by atoms with E-state index in [1.165, 1.54) is 4.88 Å². The Morgan fingerprint density at radius 3 is 2.71 bits per heavy atom. The van der Waals surface area contributed by atoms with Crippen molar-refractivity contribution in [2.24, 2.45) is 5.73 Å². The lowest BCUT2D eigenvalue weighted by Crippen LogP contribution is -1.99. The molecule has 0 atom stereocenters. The van der Waals surface area contributed by atoms with E-state index in [2.05, 4.69) is 4.98 Å². The van der Waals surface area contributed by atoms with E-state index in [1.54, 1.807) is 18.4 Å². The Labute approximate surface area is 105 Å². The van der Waals surface area contributed by atoms with Crippen LogP contribution in [0.25, 0.3) is 10.6 Å². The Morgan fingerprint density at radius 1 is 1.29 bits per heavy atom. The third-order valence-electron chi connectivity index (χ3n) is 2.52. The van der Waals surface area contributed by atoms with Crippen molar-refractivity contribution in [3.05, 3.63) is 35.3 Å². The van der Waals surface area contributed by atoms with Gasteiger partial charge in [-0.2, -0.15) is 0 Å². The van der Waals surface area contributed by atoms with Crippen LogP contribution in [0.5, 0.6) is 5.75 Å². The van der Waals surface area contributed by atoms with Gasteiger partial charge in [-0.15, -0.1) is 11.3 Å². The van der Waals surface area contributed by atoms with Gasteiger partial charge in [0.1, 0.15) is 10.8 Å². The van der Waals surface area contributed by atoms with Crippen molar-refractivity contribution in [1.29, 1.82) is 0 Å². The van der Waals surface area contributed by atoms with Gasteiger partial charge in [0.25, 0.3) is 0 Å². The number of hydrogen-bond donors (Lipinski definition) is 1. The largest absolute Gasteiger partial charge is 0.497 e. The van der Waals surface area contributed by atoms with E-state index in [1.807, 2.05) is 30.5 Å². The Balaban J connectivity index is 2.12. The number of aromatic nitrogens is 1. The lowest BCUT2D eigenvalue weighted by atomic mass is 10.2. The van der Waals surface area contributed by atoms with E-state index in [0.717, 1.165) is 35.7 Å². The van der Waals surface area contributed by atoms with Gasteiger partial charge < -0.3 is 10.5 Å². The van der Waals surface area contributed by atoms with Crippen molar-refractivity contribution in [3.8, 4) is 16.3 Å². The summed E-state index contributed by atoms with van der Waals surface area (Å²) in [6.45, 7) is 0.732. The molecule has 0 fully saturated rings. The Morgan fingerprint density at radius 2 is 2.06 bits per heavy atom. The summed E-state index contributed by atoms with van der Waals surface area (Å²) in [7, 11) is 1.67. The highest BCUT2D eigenvalue weighted by atomic mass is 32.1. The molecule has 0 aliphatic rings. The van der Waals surface area contributed by atoms with E-state index in [4.69, 9.17) is 10.5 Å². The minimum atomic E-state index is 0.732. The van der Waals surface area contributed by atoms with Gasteiger partial charge in [-0.25, -0.2) is 4.98 Å². The first-order chi connectivity index (χ1) is 8.33. The Bertz CT molecular complexity index is 465. The molecular formula is C13H16N2OS. The Kier molecular flexibility index (Phi) is 4.12. The van der Waals surface area contributed by atoms with Crippen LogP contribution in [0.1, 0.15) is 11.3 Å². The topological polar surface area (TPSA) is 48.1 Å². The molecule has 17 heavy (non-hydrogen) atoms. The molecule has 2 N–H and O–H groups in total. The molecule has 0 radical (unpaired) electrons. The molecule has 2 rings (SSSR count). The number of aryl methyl sites for hydroxylation is 1. The van der Waals surface area contributed by atoms with E-state index < -0.39 is 0 Å². The standard InChI is InChI=1S/C13H16N2OS/c1-16-11-6-4-10(5-7-11)13-15-9-12(17-13)3-2-8-14/h4-7,9H,2-3,8,14H2,1H3. The van der Waals surface area contributed by atoms with Crippen LogP contribution in [0.2, 0.25) is 0 Å². The normalized spacial score (nSPS) is 10.5. The van der Waals surface area contributed by atoms with Gasteiger partial charge in [0.2, 0.25) is 0 Å². The van der Waals surface area contributed by atoms with Crippen LogP contribution < -0.4 is 10.5 Å². The van der Waals surface area contributed by atoms with Crippen molar-refractivity contribution in [2.75, 3.05) is 13.7 Å². The van der Waals surface area contributed by atoms with Gasteiger partial charge in [-0.1, -0.05) is 0 Å². The van der Waals surface area contributed by atoms with Gasteiger partial charge in [-0.05, 0) is 43.7 Å². The smallest absolute Gasteiger partial charge is 0.123 e. The van der Waals surface area contributed by atoms with Gasteiger partial charge in [0.15, 0.2) is 0 Å². The Hall–Kier alpha value is -1.39. The van der Waals surface area contributed by atoms with Crippen LogP contribution >= 0.6 is 11.3 Å². The van der Waals surface area contributed by atoms with Gasteiger partial charge in [0, 0.05) is 16.6 Å². The number of benzene rings is 1. The average Bonchev–Trinajstić information content (AvgIpc) is 2.85. The van der Waals surface area contributed by atoms with Crippen LogP contribution in [0, 0.1) is 0 Å². The summed E-state index contributed by atoms with van der Waals surface area (Å²) in [5, 5.41) is 1.06. The number of rotatable bonds is 5. The number of nitrogens with two attached hydrogens (primary N) is 1. The van der Waals surface area contributed by atoms with E-state index in [0.29, 0.717) is 0 Å². The molecule has 0 aliphatic carbocycles. The second-order valence-corrected chi connectivity index (χ2v) is 4.87. The predicted molar refractivity (Wildman–Crippen MR) is 71.5 cm³/mol. The van der Waals surface area contributed by atoms with Crippen LogP contribution in [-0.4, -0.2) is 18.6 Å². The minimum Gasteiger partial charge on any atom is -0.497 e. The monoisotopic (exact) mass is 248 g/mol. The van der Waals surface area contributed by atoms with Crippen LogP contribution in [0.3, 0.4) is 0 Å². The maximum absolute atomic E-state index is 5.50. The molecule has 1 aromatic carbocycles. The lowest BCUT2D eigenvalue weighted by molar-refractivity contribution is 0.415. The third-order valence-corrected chi connectivity index (χ3v) is 3.62. The van der Waals surface area contributed by atoms with Crippen molar-refractivity contribution in [3.63, 3.8) is 0 Å². The molecule has 3 nitrogen and oxygen atoms in total. The van der Waals surface area contributed by atoms with Crippen LogP contribution in [0.4, 0.5) is 0 Å². The molecule has 2 aromatic rings. The number of hydrogen-bond acceptors (Lipinski definition) is 4. The van der Waals surface area contributed by atoms with Gasteiger partial charge in [0.05, 0.1) is 7.11 Å². The molecule has 0 bridgehead atoms. The van der Waals surface area contributed by atoms with Crippen LogP contribution in [-0.2, 0) is 6.42 Å². The van der Waals surface area contributed by atoms with E-state index in [-0.39, 0.29) is 0 Å². The summed E-state index contributed by atoms with van der Waals surface area (Å²) in [4.78, 5) is 5.72. The first-order valence-electron chi connectivity index (χ1n) is 5.62. The van der Waals surface area contributed by atoms with Crippen LogP contribution in [0.15, 0.2) is 30.5 Å². The number of methoxy groups -OCH3 is 1. The van der Waals surface area contributed by atoms with Gasteiger partial charge in [-0.3, -0.25) is 0 Å². The maximum Gasteiger partial charge on any atom is 0.123 e. The fourth-order valence-corrected chi connectivity index (χ4v) is 2.53. The molecule has 0 saturated heterocycles. The second-order valence-electron chi connectivity index (χ2n) is 3.75. The van der Waals surface area contributed by atoms with Gasteiger partial charge >= 0.3 is 0 Å². The predicted octanol–water partition coefficient (Wildman–Crippen LogP) is 2.71. The second kappa shape index (κ2) is 5.80. The molecular weight excluding hydrogens is 232 g/mol. The van der Waals surface area contributed by atoms with E-state index in [9.17, 15) is 0 Å². The molecule has 1 aromatic heterocycles. The zero-order valence-corrected chi connectivity index (χ0v) is 10.7. The maximum atomic E-state index is 5.50. The fraction of sp³-hybridized carbons (Fsp3) is 0.308. The lowest BCUT2D eigenvalue weighted by Gasteiger charge is -2.00. The summed E-state index contributed by atoms with van der Waals surface area (Å²) in [5.74, 6) is 0.869. The first kappa shape index (κ1) is 12.1. The molecule has 0 amide bonds. The van der Waals surface area contributed by atoms with Crippen molar-refractivity contribution in [2.45, 2.75) is 12.8 Å². The third kappa shape index (κ3) is 3.05. The number of nitrogens with zero attached hydrogens (tertiary/aromatic N) is 1. The SMILES string of the molecule is COc1ccc(-c2ncc(CCCN)s2)cc1. The molecule has 0 spiro atoms. The number of thiazole rings is 1. The molecule has 0 saturated carbocycles. The summed E-state index contributed by atoms with van der Waals surface area (Å²) >= 11 is 1.73. The summed E-state index contributed by atoms with van der Waals surface area (Å²) < 4.78 is 5.13.